The van der Waals surface area contributed by atoms with Gasteiger partial charge in [-0.3, -0.25) is 4.57 Å². The van der Waals surface area contributed by atoms with Crippen molar-refractivity contribution < 1.29 is 17.4 Å². The van der Waals surface area contributed by atoms with Gasteiger partial charge in [0.15, 0.2) is 5.58 Å². The van der Waals surface area contributed by atoms with Gasteiger partial charge in [0, 0.05) is 11.1 Å². The van der Waals surface area contributed by atoms with E-state index in [2.05, 4.69) is 9.88 Å². The smallest absolute Gasteiger partial charge is 0.408 e. The Morgan fingerprint density at radius 2 is 1.65 bits per heavy atom. The lowest BCUT2D eigenvalue weighted by molar-refractivity contribution is 0.430. The molecule has 0 radical (unpaired) electrons. The first-order chi connectivity index (χ1) is 16.3. The van der Waals surface area contributed by atoms with Gasteiger partial charge in [0.2, 0.25) is 5.88 Å². The predicted molar refractivity (Wildman–Crippen MR) is 128 cm³/mol. The van der Waals surface area contributed by atoms with Crippen LogP contribution in [-0.4, -0.2) is 18.1 Å². The van der Waals surface area contributed by atoms with Crippen LogP contribution in [0.5, 0.6) is 0 Å². The summed E-state index contributed by atoms with van der Waals surface area (Å²) in [5.41, 5.74) is 4.65. The fourth-order valence-electron chi connectivity index (χ4n) is 3.76. The average Bonchev–Trinajstić information content (AvgIpc) is 3.32. The summed E-state index contributed by atoms with van der Waals surface area (Å²) in [5.74, 6) is -0.328. The molecule has 8 nitrogen and oxygen atoms in total. The van der Waals surface area contributed by atoms with E-state index in [-0.39, 0.29) is 10.8 Å². The maximum atomic E-state index is 13.2. The molecular weight excluding hydrogens is 454 g/mol. The van der Waals surface area contributed by atoms with E-state index in [9.17, 15) is 13.2 Å². The lowest BCUT2D eigenvalue weighted by Crippen LogP contribution is -2.15. The fourth-order valence-corrected chi connectivity index (χ4v) is 5.04. The molecule has 0 aliphatic heterocycles. The number of sulfonamides is 1. The minimum Gasteiger partial charge on any atom is -0.408 e. The van der Waals surface area contributed by atoms with Gasteiger partial charge in [-0.1, -0.05) is 59.8 Å². The number of hydrogen-bond donors (Lipinski definition) is 1. The van der Waals surface area contributed by atoms with Gasteiger partial charge in [-0.2, -0.15) is 0 Å². The first-order valence-electron chi connectivity index (χ1n) is 10.6. The summed E-state index contributed by atoms with van der Waals surface area (Å²) in [6.07, 6.45) is 0. The van der Waals surface area contributed by atoms with Crippen molar-refractivity contribution in [3.63, 3.8) is 0 Å². The zero-order valence-corrected chi connectivity index (χ0v) is 19.3. The molecule has 0 unspecified atom stereocenters. The first-order valence-corrected chi connectivity index (χ1v) is 12.0. The molecule has 0 saturated carbocycles. The van der Waals surface area contributed by atoms with Crippen LogP contribution in [-0.2, 0) is 16.6 Å². The molecule has 3 aromatic carbocycles. The minimum atomic E-state index is -3.92. The van der Waals surface area contributed by atoms with Crippen molar-refractivity contribution in [3.8, 4) is 11.1 Å². The van der Waals surface area contributed by atoms with E-state index in [4.69, 9.17) is 8.94 Å². The number of aromatic nitrogens is 2. The van der Waals surface area contributed by atoms with E-state index in [1.807, 2.05) is 42.5 Å². The highest BCUT2D eigenvalue weighted by Crippen LogP contribution is 2.30. The van der Waals surface area contributed by atoms with Crippen LogP contribution in [0.3, 0.4) is 0 Å². The zero-order valence-electron chi connectivity index (χ0n) is 18.5. The number of nitrogens with zero attached hydrogens (tertiary/aromatic N) is 2. The number of fused-ring (bicyclic) bond motifs is 1. The lowest BCUT2D eigenvalue weighted by atomic mass is 10.0. The summed E-state index contributed by atoms with van der Waals surface area (Å²) in [5, 5.41) is 3.81. The topological polar surface area (TPSA) is 107 Å². The number of aryl methyl sites for hydroxylation is 1. The molecule has 0 aliphatic rings. The first kappa shape index (κ1) is 21.7. The van der Waals surface area contributed by atoms with E-state index in [0.29, 0.717) is 28.9 Å². The molecule has 34 heavy (non-hydrogen) atoms. The summed E-state index contributed by atoms with van der Waals surface area (Å²) in [4.78, 5) is 12.4. The lowest BCUT2D eigenvalue weighted by Gasteiger charge is -2.12. The molecule has 0 saturated heterocycles. The van der Waals surface area contributed by atoms with E-state index in [1.54, 1.807) is 48.7 Å². The summed E-state index contributed by atoms with van der Waals surface area (Å²) < 4.78 is 40.8. The Morgan fingerprint density at radius 1 is 0.941 bits per heavy atom. The van der Waals surface area contributed by atoms with Crippen LogP contribution < -0.4 is 10.5 Å². The second-order valence-electron chi connectivity index (χ2n) is 7.94. The van der Waals surface area contributed by atoms with Crippen molar-refractivity contribution in [2.24, 2.45) is 0 Å². The molecule has 2 heterocycles. The Bertz CT molecular complexity index is 1660. The monoisotopic (exact) mass is 475 g/mol. The molecule has 9 heteroatoms. The van der Waals surface area contributed by atoms with Gasteiger partial charge < -0.3 is 8.94 Å². The number of para-hydroxylation sites is 2. The van der Waals surface area contributed by atoms with Crippen LogP contribution in [0, 0.1) is 13.8 Å². The second-order valence-corrected chi connectivity index (χ2v) is 9.59. The summed E-state index contributed by atoms with van der Waals surface area (Å²) in [6, 6.07) is 21.4. The van der Waals surface area contributed by atoms with E-state index in [0.717, 1.165) is 16.6 Å². The standard InChI is InChI=1S/C25H21N3O5S/c1-16-17(2)26-33-24(16)27-34(30,31)23-10-6-3-7-20(23)19-13-11-18(12-14-19)15-28-21-8-4-5-9-22(21)32-25(28)29/h3-14,27H,15H2,1-2H3. The number of rotatable bonds is 6. The van der Waals surface area contributed by atoms with Crippen LogP contribution in [0.1, 0.15) is 16.8 Å². The van der Waals surface area contributed by atoms with Gasteiger partial charge in [0.05, 0.1) is 22.7 Å². The quantitative estimate of drug-likeness (QED) is 0.381. The predicted octanol–water partition coefficient (Wildman–Crippen LogP) is 4.72. The average molecular weight is 476 g/mol. The Labute approximate surface area is 195 Å². The van der Waals surface area contributed by atoms with Crippen molar-refractivity contribution in [3.05, 3.63) is 100 Å². The molecule has 0 spiro atoms. The van der Waals surface area contributed by atoms with Crippen molar-refractivity contribution in [1.82, 2.24) is 9.72 Å². The second kappa shape index (κ2) is 8.35. The van der Waals surface area contributed by atoms with Crippen LogP contribution in [0.15, 0.2) is 91.4 Å². The van der Waals surface area contributed by atoms with Crippen LogP contribution in [0.25, 0.3) is 22.2 Å². The summed E-state index contributed by atoms with van der Waals surface area (Å²) in [7, 11) is -3.92. The number of oxazole rings is 1. The fraction of sp³-hybridized carbons (Fsp3) is 0.120. The molecule has 0 fully saturated rings. The third-order valence-electron chi connectivity index (χ3n) is 5.74. The van der Waals surface area contributed by atoms with E-state index in [1.165, 1.54) is 0 Å². The van der Waals surface area contributed by atoms with Crippen LogP contribution in [0.4, 0.5) is 5.88 Å². The molecule has 172 valence electrons. The Balaban J connectivity index is 1.46. The molecule has 0 atom stereocenters. The molecule has 5 aromatic rings. The molecule has 0 amide bonds. The number of hydrogen-bond acceptors (Lipinski definition) is 6. The van der Waals surface area contributed by atoms with Gasteiger partial charge in [-0.05, 0) is 43.2 Å². The third-order valence-corrected chi connectivity index (χ3v) is 7.13. The van der Waals surface area contributed by atoms with E-state index >= 15 is 0 Å². The largest absolute Gasteiger partial charge is 0.420 e. The molecule has 1 N–H and O–H groups in total. The van der Waals surface area contributed by atoms with Gasteiger partial charge in [-0.15, -0.1) is 0 Å². The van der Waals surface area contributed by atoms with Crippen molar-refractivity contribution in [2.75, 3.05) is 4.72 Å². The number of anilines is 1. The zero-order chi connectivity index (χ0) is 23.9. The summed E-state index contributed by atoms with van der Waals surface area (Å²) >= 11 is 0. The Kier molecular flexibility index (Phi) is 5.33. The van der Waals surface area contributed by atoms with Crippen molar-refractivity contribution in [2.45, 2.75) is 25.3 Å². The normalized spacial score (nSPS) is 11.7. The Morgan fingerprint density at radius 3 is 2.38 bits per heavy atom. The molecular formula is C25H21N3O5S. The third kappa shape index (κ3) is 3.90. The van der Waals surface area contributed by atoms with Crippen molar-refractivity contribution in [1.29, 1.82) is 0 Å². The molecule has 5 rings (SSSR count). The maximum absolute atomic E-state index is 13.2. The highest BCUT2D eigenvalue weighted by molar-refractivity contribution is 7.92. The molecule has 0 aliphatic carbocycles. The number of nitrogens with one attached hydrogen (secondary N) is 1. The van der Waals surface area contributed by atoms with E-state index < -0.39 is 15.8 Å². The Hall–Kier alpha value is -4.11. The summed E-state index contributed by atoms with van der Waals surface area (Å²) in [6.45, 7) is 3.82. The van der Waals surface area contributed by atoms with Crippen LogP contribution in [0.2, 0.25) is 0 Å². The van der Waals surface area contributed by atoms with Crippen LogP contribution >= 0.6 is 0 Å². The maximum Gasteiger partial charge on any atom is 0.420 e. The minimum absolute atomic E-state index is 0.0976. The van der Waals surface area contributed by atoms with Crippen molar-refractivity contribution >= 4 is 27.0 Å². The SMILES string of the molecule is Cc1noc(NS(=O)(=O)c2ccccc2-c2ccc(Cn3c(=O)oc4ccccc43)cc2)c1C. The highest BCUT2D eigenvalue weighted by atomic mass is 32.2. The molecule has 0 bridgehead atoms. The van der Waals surface area contributed by atoms with Gasteiger partial charge in [0.1, 0.15) is 0 Å². The van der Waals surface area contributed by atoms with Gasteiger partial charge >= 0.3 is 5.76 Å². The highest BCUT2D eigenvalue weighted by Gasteiger charge is 2.22. The van der Waals surface area contributed by atoms with Gasteiger partial charge in [-0.25, -0.2) is 17.9 Å². The van der Waals surface area contributed by atoms with Gasteiger partial charge in [0.25, 0.3) is 10.0 Å². The molecule has 2 aromatic heterocycles. The number of benzene rings is 3.